The number of nitrogen functional groups attached to an aromatic ring is 1. The van der Waals surface area contributed by atoms with Crippen LogP contribution in [-0.2, 0) is 0 Å². The molecule has 2 N–H and O–H groups in total. The molecule has 0 saturated heterocycles. The van der Waals surface area contributed by atoms with Gasteiger partial charge in [0.1, 0.15) is 5.82 Å². The maximum Gasteiger partial charge on any atom is 0.129 e. The van der Waals surface area contributed by atoms with Crippen LogP contribution >= 0.6 is 0 Å². The van der Waals surface area contributed by atoms with Crippen LogP contribution in [-0.4, -0.2) is 17.6 Å². The van der Waals surface area contributed by atoms with Crippen molar-refractivity contribution in [3.63, 3.8) is 0 Å². The first-order chi connectivity index (χ1) is 6.81. The summed E-state index contributed by atoms with van der Waals surface area (Å²) in [5.41, 5.74) is 6.30. The molecule has 2 rings (SSSR count). The third-order valence-electron chi connectivity index (χ3n) is 2.38. The van der Waals surface area contributed by atoms with Crippen molar-refractivity contribution in [3.05, 3.63) is 31.0 Å². The Balaban J connectivity index is 2.16. The number of pyridine rings is 1. The Morgan fingerprint density at radius 3 is 2.86 bits per heavy atom. The highest BCUT2D eigenvalue weighted by Gasteiger charge is 2.28. The summed E-state index contributed by atoms with van der Waals surface area (Å²) >= 11 is 0. The molecule has 1 heterocycles. The van der Waals surface area contributed by atoms with E-state index >= 15 is 0 Å². The average Bonchev–Trinajstić information content (AvgIpc) is 2.99. The Labute approximate surface area is 84.2 Å². The van der Waals surface area contributed by atoms with Crippen molar-refractivity contribution in [3.8, 4) is 0 Å². The zero-order valence-electron chi connectivity index (χ0n) is 8.19. The Bertz CT molecular complexity index is 314. The van der Waals surface area contributed by atoms with Crippen molar-refractivity contribution < 1.29 is 0 Å². The number of rotatable bonds is 4. The summed E-state index contributed by atoms with van der Waals surface area (Å²) in [4.78, 5) is 6.58. The summed E-state index contributed by atoms with van der Waals surface area (Å²) in [6, 6.07) is 4.52. The standard InChI is InChI=1S/C11H15N3/c1-2-7-14(10-4-5-10)11-6-3-9(12)8-13-11/h2-3,6,8,10H,1,4-5,7,12H2. The smallest absolute Gasteiger partial charge is 0.129 e. The van der Waals surface area contributed by atoms with Crippen LogP contribution in [0.5, 0.6) is 0 Å². The quantitative estimate of drug-likeness (QED) is 0.734. The summed E-state index contributed by atoms with van der Waals surface area (Å²) in [6.07, 6.45) is 6.14. The number of nitrogens with two attached hydrogens (primary N) is 1. The van der Waals surface area contributed by atoms with E-state index in [-0.39, 0.29) is 0 Å². The lowest BCUT2D eigenvalue weighted by atomic mass is 10.3. The molecule has 3 heteroatoms. The van der Waals surface area contributed by atoms with Crippen LogP contribution in [0.4, 0.5) is 11.5 Å². The van der Waals surface area contributed by atoms with E-state index < -0.39 is 0 Å². The molecule has 0 radical (unpaired) electrons. The fourth-order valence-electron chi connectivity index (χ4n) is 1.52. The van der Waals surface area contributed by atoms with Gasteiger partial charge >= 0.3 is 0 Å². The van der Waals surface area contributed by atoms with Gasteiger partial charge in [-0.25, -0.2) is 4.98 Å². The van der Waals surface area contributed by atoms with Gasteiger partial charge in [-0.1, -0.05) is 6.08 Å². The summed E-state index contributed by atoms with van der Waals surface area (Å²) in [5.74, 6) is 1.00. The highest BCUT2D eigenvalue weighted by Crippen LogP contribution is 2.30. The Morgan fingerprint density at radius 1 is 1.57 bits per heavy atom. The van der Waals surface area contributed by atoms with Crippen molar-refractivity contribution in [2.75, 3.05) is 17.2 Å². The largest absolute Gasteiger partial charge is 0.397 e. The zero-order valence-corrected chi connectivity index (χ0v) is 8.19. The second-order valence-electron chi connectivity index (χ2n) is 3.62. The van der Waals surface area contributed by atoms with Gasteiger partial charge in [-0.05, 0) is 25.0 Å². The Hall–Kier alpha value is -1.51. The van der Waals surface area contributed by atoms with E-state index in [0.717, 1.165) is 12.4 Å². The fourth-order valence-corrected chi connectivity index (χ4v) is 1.52. The zero-order chi connectivity index (χ0) is 9.97. The summed E-state index contributed by atoms with van der Waals surface area (Å²) in [7, 11) is 0. The van der Waals surface area contributed by atoms with Crippen LogP contribution in [0, 0.1) is 0 Å². The summed E-state index contributed by atoms with van der Waals surface area (Å²) in [5, 5.41) is 0. The molecule has 74 valence electrons. The first-order valence-corrected chi connectivity index (χ1v) is 4.90. The lowest BCUT2D eigenvalue weighted by Crippen LogP contribution is -2.26. The lowest BCUT2D eigenvalue weighted by molar-refractivity contribution is 0.842. The topological polar surface area (TPSA) is 42.1 Å². The van der Waals surface area contributed by atoms with Crippen LogP contribution in [0.3, 0.4) is 0 Å². The highest BCUT2D eigenvalue weighted by atomic mass is 15.2. The number of aromatic nitrogens is 1. The van der Waals surface area contributed by atoms with Crippen molar-refractivity contribution in [1.29, 1.82) is 0 Å². The lowest BCUT2D eigenvalue weighted by Gasteiger charge is -2.21. The predicted octanol–water partition coefficient (Wildman–Crippen LogP) is 1.82. The molecule has 14 heavy (non-hydrogen) atoms. The third kappa shape index (κ3) is 1.87. The molecule has 1 aliphatic carbocycles. The van der Waals surface area contributed by atoms with Crippen molar-refractivity contribution in [1.82, 2.24) is 4.98 Å². The average molecular weight is 189 g/mol. The van der Waals surface area contributed by atoms with Gasteiger partial charge in [0.05, 0.1) is 11.9 Å². The second-order valence-corrected chi connectivity index (χ2v) is 3.62. The van der Waals surface area contributed by atoms with Gasteiger partial charge in [0, 0.05) is 12.6 Å². The minimum atomic E-state index is 0.657. The van der Waals surface area contributed by atoms with Crippen molar-refractivity contribution in [2.24, 2.45) is 0 Å². The normalized spacial score (nSPS) is 15.1. The number of nitrogens with zero attached hydrogens (tertiary/aromatic N) is 2. The molecule has 1 aliphatic rings. The minimum absolute atomic E-state index is 0.657. The third-order valence-corrected chi connectivity index (χ3v) is 2.38. The van der Waals surface area contributed by atoms with Gasteiger partial charge in [-0.15, -0.1) is 6.58 Å². The highest BCUT2D eigenvalue weighted by molar-refractivity contribution is 5.47. The van der Waals surface area contributed by atoms with Gasteiger partial charge in [0.25, 0.3) is 0 Å². The van der Waals surface area contributed by atoms with Crippen molar-refractivity contribution >= 4 is 11.5 Å². The maximum absolute atomic E-state index is 5.59. The molecule has 0 amide bonds. The van der Waals surface area contributed by atoms with Gasteiger partial charge in [0.15, 0.2) is 0 Å². The van der Waals surface area contributed by atoms with Gasteiger partial charge in [0.2, 0.25) is 0 Å². The molecule has 1 saturated carbocycles. The first-order valence-electron chi connectivity index (χ1n) is 4.90. The Morgan fingerprint density at radius 2 is 2.36 bits per heavy atom. The summed E-state index contributed by atoms with van der Waals surface area (Å²) in [6.45, 7) is 4.62. The van der Waals surface area contributed by atoms with Crippen LogP contribution in [0.1, 0.15) is 12.8 Å². The number of hydrogen-bond acceptors (Lipinski definition) is 3. The van der Waals surface area contributed by atoms with Gasteiger partial charge in [-0.3, -0.25) is 0 Å². The van der Waals surface area contributed by atoms with E-state index in [1.54, 1.807) is 6.20 Å². The molecular formula is C11H15N3. The van der Waals surface area contributed by atoms with Gasteiger partial charge < -0.3 is 10.6 Å². The molecule has 3 nitrogen and oxygen atoms in total. The molecule has 0 unspecified atom stereocenters. The molecule has 1 fully saturated rings. The van der Waals surface area contributed by atoms with Gasteiger partial charge in [-0.2, -0.15) is 0 Å². The van der Waals surface area contributed by atoms with E-state index in [1.807, 2.05) is 18.2 Å². The van der Waals surface area contributed by atoms with E-state index in [2.05, 4.69) is 16.5 Å². The molecule has 0 spiro atoms. The molecule has 1 aromatic heterocycles. The van der Waals surface area contributed by atoms with Crippen LogP contribution in [0.25, 0.3) is 0 Å². The van der Waals surface area contributed by atoms with E-state index in [9.17, 15) is 0 Å². The molecule has 0 aliphatic heterocycles. The molecule has 0 bridgehead atoms. The predicted molar refractivity (Wildman–Crippen MR) is 59.2 cm³/mol. The Kier molecular flexibility index (Phi) is 2.39. The number of anilines is 2. The minimum Gasteiger partial charge on any atom is -0.397 e. The van der Waals surface area contributed by atoms with Crippen molar-refractivity contribution in [2.45, 2.75) is 18.9 Å². The monoisotopic (exact) mass is 189 g/mol. The van der Waals surface area contributed by atoms with Crippen LogP contribution in [0.2, 0.25) is 0 Å². The maximum atomic E-state index is 5.59. The molecule has 0 atom stereocenters. The van der Waals surface area contributed by atoms with E-state index in [4.69, 9.17) is 5.73 Å². The second kappa shape index (κ2) is 3.70. The van der Waals surface area contributed by atoms with E-state index in [1.165, 1.54) is 12.8 Å². The van der Waals surface area contributed by atoms with Crippen LogP contribution in [0.15, 0.2) is 31.0 Å². The molecular weight excluding hydrogens is 174 g/mol. The molecule has 1 aromatic rings. The number of hydrogen-bond donors (Lipinski definition) is 1. The van der Waals surface area contributed by atoms with Crippen LogP contribution < -0.4 is 10.6 Å². The summed E-state index contributed by atoms with van der Waals surface area (Å²) < 4.78 is 0. The SMILES string of the molecule is C=CCN(c1ccc(N)cn1)C1CC1. The first kappa shape index (κ1) is 9.06. The molecule has 0 aromatic carbocycles. The van der Waals surface area contributed by atoms with E-state index in [0.29, 0.717) is 11.7 Å². The fraction of sp³-hybridized carbons (Fsp3) is 0.364.